The van der Waals surface area contributed by atoms with Crippen LogP contribution in [0.4, 0.5) is 14.5 Å². The van der Waals surface area contributed by atoms with Crippen LogP contribution in [0.25, 0.3) is 21.7 Å². The van der Waals surface area contributed by atoms with E-state index >= 15 is 0 Å². The van der Waals surface area contributed by atoms with Crippen LogP contribution >= 0.6 is 11.3 Å². The number of nitrogens with zero attached hydrogens (tertiary/aromatic N) is 2. The topological polar surface area (TPSA) is 77.2 Å². The Labute approximate surface area is 161 Å². The fraction of sp³-hybridized carbons (Fsp3) is 0.105. The molecule has 1 amide bonds. The number of carbonyl (C=O) groups is 1. The zero-order chi connectivity index (χ0) is 19.7. The van der Waals surface area contributed by atoms with Crippen molar-refractivity contribution in [3.63, 3.8) is 0 Å². The first-order valence-electron chi connectivity index (χ1n) is 8.18. The van der Waals surface area contributed by atoms with E-state index in [2.05, 4.69) is 20.2 Å². The maximum Gasteiger partial charge on any atom is 0.387 e. The van der Waals surface area contributed by atoms with E-state index in [1.165, 1.54) is 35.6 Å². The molecule has 0 atom stereocenters. The zero-order valence-electron chi connectivity index (χ0n) is 14.5. The van der Waals surface area contributed by atoms with Gasteiger partial charge in [-0.3, -0.25) is 4.79 Å². The summed E-state index contributed by atoms with van der Waals surface area (Å²) >= 11 is 1.49. The van der Waals surface area contributed by atoms with Gasteiger partial charge in [0, 0.05) is 5.69 Å². The Morgan fingerprint density at radius 2 is 2.04 bits per heavy atom. The van der Waals surface area contributed by atoms with Gasteiger partial charge in [-0.1, -0.05) is 11.2 Å². The summed E-state index contributed by atoms with van der Waals surface area (Å²) in [6.45, 7) is -1.18. The number of benzene rings is 1. The predicted molar refractivity (Wildman–Crippen MR) is 101 cm³/mol. The van der Waals surface area contributed by atoms with Crippen molar-refractivity contribution in [2.24, 2.45) is 0 Å². The number of nitrogens with one attached hydrogen (secondary N) is 1. The van der Waals surface area contributed by atoms with E-state index in [0.29, 0.717) is 28.0 Å². The number of amides is 1. The van der Waals surface area contributed by atoms with Crippen molar-refractivity contribution >= 4 is 34.0 Å². The van der Waals surface area contributed by atoms with Gasteiger partial charge in [-0.15, -0.1) is 11.3 Å². The number of hydrogen-bond acceptors (Lipinski definition) is 6. The summed E-state index contributed by atoms with van der Waals surface area (Å²) in [6, 6.07) is 11.1. The molecule has 4 aromatic rings. The molecule has 4 rings (SSSR count). The van der Waals surface area contributed by atoms with Gasteiger partial charge in [0.1, 0.15) is 5.75 Å². The van der Waals surface area contributed by atoms with Crippen LogP contribution in [-0.4, -0.2) is 22.7 Å². The number of fused-ring (bicyclic) bond motifs is 1. The van der Waals surface area contributed by atoms with E-state index in [4.69, 9.17) is 4.52 Å². The average Bonchev–Trinajstić information content (AvgIpc) is 3.32. The first kappa shape index (κ1) is 18.1. The second-order valence-electron chi connectivity index (χ2n) is 5.84. The minimum atomic E-state index is -2.90. The van der Waals surface area contributed by atoms with Gasteiger partial charge >= 0.3 is 6.61 Å². The summed E-state index contributed by atoms with van der Waals surface area (Å²) < 4.78 is 34.1. The van der Waals surface area contributed by atoms with E-state index in [1.54, 1.807) is 13.0 Å². The van der Waals surface area contributed by atoms with Crippen molar-refractivity contribution in [1.82, 2.24) is 10.1 Å². The predicted octanol–water partition coefficient (Wildman–Crippen LogP) is 5.11. The molecule has 6 nitrogen and oxygen atoms in total. The molecule has 142 valence electrons. The van der Waals surface area contributed by atoms with Gasteiger partial charge in [0.25, 0.3) is 11.6 Å². The highest BCUT2D eigenvalue weighted by atomic mass is 32.1. The largest absolute Gasteiger partial charge is 0.435 e. The first-order valence-corrected chi connectivity index (χ1v) is 9.06. The Morgan fingerprint density at radius 1 is 1.25 bits per heavy atom. The average molecular weight is 401 g/mol. The molecule has 0 saturated heterocycles. The lowest BCUT2D eigenvalue weighted by Gasteiger charge is -2.09. The molecular weight excluding hydrogens is 388 g/mol. The van der Waals surface area contributed by atoms with E-state index in [-0.39, 0.29) is 17.4 Å². The summed E-state index contributed by atoms with van der Waals surface area (Å²) in [5.41, 5.74) is 2.22. The van der Waals surface area contributed by atoms with Gasteiger partial charge in [-0.25, -0.2) is 4.98 Å². The number of thiophene rings is 1. The zero-order valence-corrected chi connectivity index (χ0v) is 15.3. The van der Waals surface area contributed by atoms with Crippen molar-refractivity contribution in [3.05, 3.63) is 59.1 Å². The van der Waals surface area contributed by atoms with Crippen LogP contribution in [0.15, 0.2) is 52.4 Å². The van der Waals surface area contributed by atoms with Gasteiger partial charge < -0.3 is 14.6 Å². The summed E-state index contributed by atoms with van der Waals surface area (Å²) in [5, 5.41) is 9.09. The molecule has 0 fully saturated rings. The van der Waals surface area contributed by atoms with Crippen LogP contribution in [0.5, 0.6) is 5.75 Å². The summed E-state index contributed by atoms with van der Waals surface area (Å²) in [7, 11) is 0. The summed E-state index contributed by atoms with van der Waals surface area (Å²) in [5.74, 6) is -0.381. The molecule has 0 aliphatic heterocycles. The number of alkyl halides is 2. The maximum atomic E-state index is 12.9. The number of hydrogen-bond donors (Lipinski definition) is 1. The normalized spacial score (nSPS) is 11.1. The molecule has 1 aromatic carbocycles. The van der Waals surface area contributed by atoms with Crippen LogP contribution in [0, 0.1) is 6.92 Å². The van der Waals surface area contributed by atoms with Gasteiger partial charge in [0.15, 0.2) is 0 Å². The molecule has 1 N–H and O–H groups in total. The van der Waals surface area contributed by atoms with Crippen LogP contribution < -0.4 is 10.1 Å². The second kappa shape index (κ2) is 7.35. The second-order valence-corrected chi connectivity index (χ2v) is 6.79. The lowest BCUT2D eigenvalue weighted by Crippen LogP contribution is -2.13. The molecule has 0 saturated carbocycles. The van der Waals surface area contributed by atoms with E-state index in [0.717, 1.165) is 4.88 Å². The quantitative estimate of drug-likeness (QED) is 0.503. The number of anilines is 1. The lowest BCUT2D eigenvalue weighted by atomic mass is 10.1. The molecular formula is C19H13F2N3O3S. The van der Waals surface area contributed by atoms with Gasteiger partial charge in [0.05, 0.1) is 27.2 Å². The fourth-order valence-electron chi connectivity index (χ4n) is 2.74. The smallest absolute Gasteiger partial charge is 0.387 e. The van der Waals surface area contributed by atoms with Crippen LogP contribution in [-0.2, 0) is 0 Å². The standard InChI is InChI=1S/C19H13F2N3O3S/c1-10-16-13(9-14(15-3-2-8-28-15)23-18(16)27-24-10)17(25)22-11-4-6-12(7-5-11)26-19(20)21/h2-9,19H,1H3,(H,22,25). The van der Waals surface area contributed by atoms with E-state index in [1.807, 2.05) is 17.5 Å². The molecule has 0 aliphatic carbocycles. The molecule has 3 heterocycles. The molecule has 0 radical (unpaired) electrons. The highest BCUT2D eigenvalue weighted by molar-refractivity contribution is 7.13. The minimum absolute atomic E-state index is 0.00848. The third-order valence-corrected chi connectivity index (χ3v) is 4.87. The third-order valence-electron chi connectivity index (χ3n) is 3.97. The molecule has 28 heavy (non-hydrogen) atoms. The molecule has 0 aliphatic rings. The van der Waals surface area contributed by atoms with Crippen LogP contribution in [0.2, 0.25) is 0 Å². The maximum absolute atomic E-state index is 12.9. The van der Waals surface area contributed by atoms with Gasteiger partial charge in [0.2, 0.25) is 0 Å². The Kier molecular flexibility index (Phi) is 4.74. The number of halogens is 2. The lowest BCUT2D eigenvalue weighted by molar-refractivity contribution is -0.0498. The van der Waals surface area contributed by atoms with E-state index in [9.17, 15) is 13.6 Å². The number of carbonyl (C=O) groups excluding carboxylic acids is 1. The highest BCUT2D eigenvalue weighted by Crippen LogP contribution is 2.30. The number of pyridine rings is 1. The number of rotatable bonds is 5. The third kappa shape index (κ3) is 3.56. The number of aryl methyl sites for hydroxylation is 1. The molecule has 0 bridgehead atoms. The van der Waals surface area contributed by atoms with Crippen LogP contribution in [0.3, 0.4) is 0 Å². The molecule has 3 aromatic heterocycles. The Hall–Kier alpha value is -3.33. The highest BCUT2D eigenvalue weighted by Gasteiger charge is 2.20. The monoisotopic (exact) mass is 401 g/mol. The Morgan fingerprint density at radius 3 is 2.71 bits per heavy atom. The van der Waals surface area contributed by atoms with Crippen molar-refractivity contribution in [3.8, 4) is 16.3 Å². The minimum Gasteiger partial charge on any atom is -0.435 e. The Balaban J connectivity index is 1.67. The molecule has 0 spiro atoms. The van der Waals surface area contributed by atoms with Crippen molar-refractivity contribution in [2.75, 3.05) is 5.32 Å². The van der Waals surface area contributed by atoms with E-state index < -0.39 is 6.61 Å². The number of ether oxygens (including phenoxy) is 1. The van der Waals surface area contributed by atoms with Crippen molar-refractivity contribution in [2.45, 2.75) is 13.5 Å². The Bertz CT molecular complexity index is 1130. The SMILES string of the molecule is Cc1noc2nc(-c3cccs3)cc(C(=O)Nc3ccc(OC(F)F)cc3)c12. The fourth-order valence-corrected chi connectivity index (χ4v) is 3.43. The van der Waals surface area contributed by atoms with Crippen molar-refractivity contribution < 1.29 is 22.8 Å². The first-order chi connectivity index (χ1) is 13.5. The van der Waals surface area contributed by atoms with Crippen molar-refractivity contribution in [1.29, 1.82) is 0 Å². The van der Waals surface area contributed by atoms with Crippen LogP contribution in [0.1, 0.15) is 16.1 Å². The number of aromatic nitrogens is 2. The summed E-state index contributed by atoms with van der Waals surface area (Å²) in [4.78, 5) is 18.2. The molecule has 9 heteroatoms. The van der Waals surface area contributed by atoms with Gasteiger partial charge in [-0.2, -0.15) is 8.78 Å². The van der Waals surface area contributed by atoms with Gasteiger partial charge in [-0.05, 0) is 48.7 Å². The molecule has 0 unspecified atom stereocenters. The summed E-state index contributed by atoms with van der Waals surface area (Å²) in [6.07, 6.45) is 0.